The molecule has 2 aromatic rings. The molecule has 2 fully saturated rings. The Morgan fingerprint density at radius 3 is 2.54 bits per heavy atom. The average Bonchev–Trinajstić information content (AvgIpc) is 3.61. The van der Waals surface area contributed by atoms with Crippen molar-refractivity contribution in [2.24, 2.45) is 5.92 Å². The molecule has 1 amide bonds. The van der Waals surface area contributed by atoms with E-state index in [-0.39, 0.29) is 17.9 Å². The number of hydrogen-bond donors (Lipinski definition) is 1. The van der Waals surface area contributed by atoms with Gasteiger partial charge < -0.3 is 15.0 Å². The number of rotatable bonds is 7. The molecule has 0 radical (unpaired) electrons. The van der Waals surface area contributed by atoms with Crippen molar-refractivity contribution < 1.29 is 9.53 Å². The van der Waals surface area contributed by atoms with E-state index in [0.717, 1.165) is 50.3 Å². The van der Waals surface area contributed by atoms with Gasteiger partial charge in [-0.25, -0.2) is 0 Å². The van der Waals surface area contributed by atoms with E-state index in [0.29, 0.717) is 6.54 Å². The van der Waals surface area contributed by atoms with Crippen LogP contribution in [0.15, 0.2) is 48.8 Å². The van der Waals surface area contributed by atoms with E-state index in [2.05, 4.69) is 38.3 Å². The Bertz CT molecular complexity index is 769. The van der Waals surface area contributed by atoms with E-state index >= 15 is 0 Å². The van der Waals surface area contributed by atoms with Gasteiger partial charge in [-0.2, -0.15) is 0 Å². The van der Waals surface area contributed by atoms with Crippen molar-refractivity contribution in [1.29, 1.82) is 0 Å². The first-order valence-corrected chi connectivity index (χ1v) is 10.1. The Morgan fingerprint density at radius 2 is 1.93 bits per heavy atom. The number of piperazine rings is 1. The molecule has 2 aliphatic rings. The van der Waals surface area contributed by atoms with Gasteiger partial charge in [0.15, 0.2) is 0 Å². The normalized spacial score (nSPS) is 18.5. The van der Waals surface area contributed by atoms with Gasteiger partial charge in [0.1, 0.15) is 5.75 Å². The summed E-state index contributed by atoms with van der Waals surface area (Å²) in [6.45, 7) is 4.46. The van der Waals surface area contributed by atoms with E-state index in [1.54, 1.807) is 13.3 Å². The second-order valence-electron chi connectivity index (χ2n) is 7.54. The Kier molecular flexibility index (Phi) is 5.76. The molecule has 1 aliphatic heterocycles. The lowest BCUT2D eigenvalue weighted by molar-refractivity contribution is -0.122. The van der Waals surface area contributed by atoms with Gasteiger partial charge in [0.05, 0.1) is 13.2 Å². The fourth-order valence-corrected chi connectivity index (χ4v) is 3.80. The molecule has 4 rings (SSSR count). The number of pyridine rings is 1. The number of benzene rings is 1. The molecule has 1 aliphatic carbocycles. The molecule has 28 heavy (non-hydrogen) atoms. The van der Waals surface area contributed by atoms with Gasteiger partial charge in [-0.1, -0.05) is 6.07 Å². The van der Waals surface area contributed by atoms with Crippen LogP contribution in [0.3, 0.4) is 0 Å². The third-order valence-corrected chi connectivity index (χ3v) is 5.68. The second-order valence-corrected chi connectivity index (χ2v) is 7.54. The van der Waals surface area contributed by atoms with Crippen molar-refractivity contribution in [3.8, 4) is 5.75 Å². The van der Waals surface area contributed by atoms with Crippen LogP contribution in [0, 0.1) is 5.92 Å². The highest BCUT2D eigenvalue weighted by Crippen LogP contribution is 2.29. The van der Waals surface area contributed by atoms with E-state index in [4.69, 9.17) is 4.74 Å². The van der Waals surface area contributed by atoms with Crippen LogP contribution in [0.25, 0.3) is 0 Å². The number of hydrogen-bond acceptors (Lipinski definition) is 5. The molecule has 1 atom stereocenters. The van der Waals surface area contributed by atoms with Crippen molar-refractivity contribution in [3.63, 3.8) is 0 Å². The Hall–Kier alpha value is -2.60. The van der Waals surface area contributed by atoms with E-state index < -0.39 is 0 Å². The Morgan fingerprint density at radius 1 is 1.18 bits per heavy atom. The molecule has 0 bridgehead atoms. The van der Waals surface area contributed by atoms with Crippen LogP contribution in [0.1, 0.15) is 24.4 Å². The second kappa shape index (κ2) is 8.61. The monoisotopic (exact) mass is 380 g/mol. The number of amides is 1. The molecular formula is C22H28N4O2. The Labute approximate surface area is 166 Å². The molecular weight excluding hydrogens is 352 g/mol. The Balaban J connectivity index is 1.40. The van der Waals surface area contributed by atoms with Crippen LogP contribution < -0.4 is 15.0 Å². The molecule has 6 heteroatoms. The van der Waals surface area contributed by atoms with Crippen molar-refractivity contribution in [2.45, 2.75) is 18.9 Å². The zero-order valence-corrected chi connectivity index (χ0v) is 16.4. The van der Waals surface area contributed by atoms with Crippen LogP contribution in [0.4, 0.5) is 5.69 Å². The van der Waals surface area contributed by atoms with Crippen LogP contribution in [0.5, 0.6) is 5.75 Å². The number of methoxy groups -OCH3 is 1. The third-order valence-electron chi connectivity index (χ3n) is 5.68. The fourth-order valence-electron chi connectivity index (χ4n) is 3.80. The minimum absolute atomic E-state index is 0.161. The summed E-state index contributed by atoms with van der Waals surface area (Å²) < 4.78 is 5.25. The quantitative estimate of drug-likeness (QED) is 0.800. The maximum atomic E-state index is 12.1. The summed E-state index contributed by atoms with van der Waals surface area (Å²) in [6.07, 6.45) is 5.78. The minimum Gasteiger partial charge on any atom is -0.497 e. The largest absolute Gasteiger partial charge is 0.497 e. The maximum absolute atomic E-state index is 12.1. The van der Waals surface area contributed by atoms with Crippen LogP contribution in [0.2, 0.25) is 0 Å². The van der Waals surface area contributed by atoms with Crippen LogP contribution in [-0.2, 0) is 4.79 Å². The summed E-state index contributed by atoms with van der Waals surface area (Å²) in [4.78, 5) is 21.3. The van der Waals surface area contributed by atoms with E-state index in [1.807, 2.05) is 24.4 Å². The minimum atomic E-state index is 0.161. The van der Waals surface area contributed by atoms with Gasteiger partial charge >= 0.3 is 0 Å². The molecule has 1 saturated carbocycles. The predicted octanol–water partition coefficient (Wildman–Crippen LogP) is 2.48. The van der Waals surface area contributed by atoms with E-state index in [9.17, 15) is 4.79 Å². The van der Waals surface area contributed by atoms with Crippen molar-refractivity contribution >= 4 is 11.6 Å². The standard InChI is InChI=1S/C22H28N4O2/c1-28-20-8-6-19(7-9-20)25-11-13-26(14-12-25)21(18-3-2-10-23-15-18)16-24-22(27)17-4-5-17/h2-3,6-10,15,17,21H,4-5,11-14,16H2,1H3,(H,24,27). The zero-order chi connectivity index (χ0) is 19.3. The van der Waals surface area contributed by atoms with Gasteiger partial charge in [0, 0.05) is 56.7 Å². The maximum Gasteiger partial charge on any atom is 0.223 e. The number of nitrogens with one attached hydrogen (secondary N) is 1. The molecule has 6 nitrogen and oxygen atoms in total. The lowest BCUT2D eigenvalue weighted by Gasteiger charge is -2.40. The first-order chi connectivity index (χ1) is 13.7. The van der Waals surface area contributed by atoms with Gasteiger partial charge in [-0.05, 0) is 48.7 Å². The van der Waals surface area contributed by atoms with Crippen LogP contribution >= 0.6 is 0 Å². The zero-order valence-electron chi connectivity index (χ0n) is 16.4. The number of ether oxygens (including phenoxy) is 1. The fraction of sp³-hybridized carbons (Fsp3) is 0.455. The molecule has 148 valence electrons. The van der Waals surface area contributed by atoms with E-state index in [1.165, 1.54) is 5.69 Å². The SMILES string of the molecule is COc1ccc(N2CCN(C(CNC(=O)C3CC3)c3cccnc3)CC2)cc1. The van der Waals surface area contributed by atoms with Gasteiger partial charge in [0.2, 0.25) is 5.91 Å². The highest BCUT2D eigenvalue weighted by atomic mass is 16.5. The number of aromatic nitrogens is 1. The smallest absolute Gasteiger partial charge is 0.223 e. The summed E-state index contributed by atoms with van der Waals surface area (Å²) in [5.74, 6) is 1.32. The van der Waals surface area contributed by atoms with Crippen molar-refractivity contribution in [3.05, 3.63) is 54.4 Å². The van der Waals surface area contributed by atoms with Crippen molar-refractivity contribution in [1.82, 2.24) is 15.2 Å². The molecule has 1 N–H and O–H groups in total. The molecule has 2 heterocycles. The van der Waals surface area contributed by atoms with Crippen molar-refractivity contribution in [2.75, 3.05) is 44.7 Å². The molecule has 1 saturated heterocycles. The molecule has 1 aromatic heterocycles. The highest BCUT2D eigenvalue weighted by molar-refractivity contribution is 5.80. The lowest BCUT2D eigenvalue weighted by atomic mass is 10.1. The first-order valence-electron chi connectivity index (χ1n) is 10.1. The number of carbonyl (C=O) groups excluding carboxylic acids is 1. The summed E-state index contributed by atoms with van der Waals surface area (Å²) in [6, 6.07) is 12.5. The highest BCUT2D eigenvalue weighted by Gasteiger charge is 2.31. The summed E-state index contributed by atoms with van der Waals surface area (Å²) >= 11 is 0. The van der Waals surface area contributed by atoms with Gasteiger partial charge in [0.25, 0.3) is 0 Å². The summed E-state index contributed by atoms with van der Waals surface area (Å²) in [5, 5.41) is 3.16. The van der Waals surface area contributed by atoms with Crippen LogP contribution in [-0.4, -0.2) is 55.6 Å². The van der Waals surface area contributed by atoms with Gasteiger partial charge in [-0.15, -0.1) is 0 Å². The topological polar surface area (TPSA) is 57.7 Å². The number of carbonyl (C=O) groups is 1. The predicted molar refractivity (Wildman–Crippen MR) is 109 cm³/mol. The van der Waals surface area contributed by atoms with Gasteiger partial charge in [-0.3, -0.25) is 14.7 Å². The number of anilines is 1. The number of nitrogens with zero attached hydrogens (tertiary/aromatic N) is 3. The molecule has 0 spiro atoms. The molecule has 1 unspecified atom stereocenters. The lowest BCUT2D eigenvalue weighted by Crippen LogP contribution is -2.50. The third kappa shape index (κ3) is 4.44. The summed E-state index contributed by atoms with van der Waals surface area (Å²) in [5.41, 5.74) is 2.39. The average molecular weight is 380 g/mol. The molecule has 1 aromatic carbocycles. The first kappa shape index (κ1) is 18.7. The summed E-state index contributed by atoms with van der Waals surface area (Å²) in [7, 11) is 1.69.